The van der Waals surface area contributed by atoms with E-state index in [4.69, 9.17) is 5.73 Å². The zero-order chi connectivity index (χ0) is 27.6. The van der Waals surface area contributed by atoms with Gasteiger partial charge in [0.15, 0.2) is 12.2 Å². The molecule has 0 saturated carbocycles. The first-order valence-corrected chi connectivity index (χ1v) is 11.9. The highest BCUT2D eigenvalue weighted by Gasteiger charge is 2.34. The highest BCUT2D eigenvalue weighted by molar-refractivity contribution is 6.45. The van der Waals surface area contributed by atoms with Crippen LogP contribution < -0.4 is 11.1 Å². The minimum Gasteiger partial charge on any atom is -0.380 e. The van der Waals surface area contributed by atoms with Crippen molar-refractivity contribution in [3.8, 4) is 0 Å². The molecule has 38 heavy (non-hydrogen) atoms. The normalized spacial score (nSPS) is 17.1. The van der Waals surface area contributed by atoms with Crippen molar-refractivity contribution in [1.29, 1.82) is 0 Å². The van der Waals surface area contributed by atoms with Crippen molar-refractivity contribution in [1.82, 2.24) is 14.8 Å². The van der Waals surface area contributed by atoms with E-state index < -0.39 is 41.8 Å². The number of primary amides is 1. The van der Waals surface area contributed by atoms with E-state index in [1.165, 1.54) is 23.2 Å². The minimum atomic E-state index is -2.10. The summed E-state index contributed by atoms with van der Waals surface area (Å²) in [6, 6.07) is 13.0. The van der Waals surface area contributed by atoms with Crippen molar-refractivity contribution in [3.05, 3.63) is 65.9 Å². The smallest absolute Gasteiger partial charge is 0.295 e. The molecule has 1 fully saturated rings. The van der Waals surface area contributed by atoms with E-state index in [2.05, 4.69) is 10.3 Å². The van der Waals surface area contributed by atoms with E-state index >= 15 is 0 Å². The zero-order valence-corrected chi connectivity index (χ0v) is 20.5. The molecule has 0 radical (unpaired) electrons. The molecule has 12 nitrogen and oxygen atoms in total. The molecule has 2 unspecified atom stereocenters. The van der Waals surface area contributed by atoms with E-state index in [1.54, 1.807) is 42.2 Å². The van der Waals surface area contributed by atoms with Gasteiger partial charge < -0.3 is 36.0 Å². The Balaban J connectivity index is 1.48. The fraction of sp³-hybridized carbons (Fsp3) is 0.269. The molecule has 1 aromatic heterocycles. The van der Waals surface area contributed by atoms with E-state index in [0.29, 0.717) is 16.5 Å². The molecule has 198 valence electrons. The number of aliphatic hydroxyl groups is 2. The Labute approximate surface area is 217 Å². The molecule has 1 saturated heterocycles. The van der Waals surface area contributed by atoms with Crippen molar-refractivity contribution >= 4 is 46.0 Å². The number of H-pyrrole nitrogens is 1. The number of nitrogens with zero attached hydrogens (tertiary/aromatic N) is 2. The van der Waals surface area contributed by atoms with Gasteiger partial charge in [0.05, 0.1) is 16.8 Å². The first-order chi connectivity index (χ1) is 18.1. The number of aromatic nitrogens is 1. The van der Waals surface area contributed by atoms with Gasteiger partial charge >= 0.3 is 0 Å². The average molecular weight is 522 g/mol. The fourth-order valence-corrected chi connectivity index (χ4v) is 4.40. The molecule has 2 aromatic carbocycles. The molecule has 3 atom stereocenters. The van der Waals surface area contributed by atoms with Gasteiger partial charge in [-0.2, -0.15) is 0 Å². The van der Waals surface area contributed by atoms with Crippen LogP contribution in [0.2, 0.25) is 0 Å². The number of ketones is 1. The van der Waals surface area contributed by atoms with E-state index in [9.17, 15) is 34.2 Å². The number of hydrogen-bond donors (Lipinski definition) is 5. The quantitative estimate of drug-likeness (QED) is 0.212. The number of carbonyl (C=O) groups is 5. The summed E-state index contributed by atoms with van der Waals surface area (Å²) in [5, 5.41) is 22.1. The van der Waals surface area contributed by atoms with Crippen LogP contribution in [0.3, 0.4) is 0 Å². The van der Waals surface area contributed by atoms with Crippen molar-refractivity contribution in [2.75, 3.05) is 25.0 Å². The van der Waals surface area contributed by atoms with Crippen LogP contribution in [0.1, 0.15) is 27.6 Å². The van der Waals surface area contributed by atoms with Crippen LogP contribution in [0.15, 0.2) is 54.7 Å². The predicted molar refractivity (Wildman–Crippen MR) is 136 cm³/mol. The standard InChI is InChI=1S/C26H27N5O7/c1-14-13-30(25(37)15-6-3-2-4-7-15)10-11-31(14)26(38)20(32)17-12-28-19-16(17)8-5-9-18(19)29-24(36)22(34)21(33)23(27)35/h2-9,12,14,21-22,28,33-34H,10-11,13H2,1H3,(H2,27,35)(H,29,36)/t14-,21?,22?/m1/s1. The van der Waals surface area contributed by atoms with Gasteiger partial charge in [-0.15, -0.1) is 0 Å². The Morgan fingerprint density at radius 1 is 1.00 bits per heavy atom. The van der Waals surface area contributed by atoms with Gasteiger partial charge in [0, 0.05) is 42.8 Å². The van der Waals surface area contributed by atoms with Crippen molar-refractivity contribution in [3.63, 3.8) is 0 Å². The highest BCUT2D eigenvalue weighted by Crippen LogP contribution is 2.27. The van der Waals surface area contributed by atoms with Crippen molar-refractivity contribution < 1.29 is 34.2 Å². The molecule has 1 aliphatic rings. The second kappa shape index (κ2) is 10.8. The number of para-hydroxylation sites is 1. The molecule has 3 aromatic rings. The number of fused-ring (bicyclic) bond motifs is 1. The molecule has 0 bridgehead atoms. The SMILES string of the molecule is C[C@@H]1CN(C(=O)c2ccccc2)CCN1C(=O)C(=O)c1c[nH]c2c(NC(=O)C(O)C(O)C(N)=O)cccc12. The van der Waals surface area contributed by atoms with Crippen molar-refractivity contribution in [2.45, 2.75) is 25.2 Å². The topological polar surface area (TPSA) is 186 Å². The van der Waals surface area contributed by atoms with Gasteiger partial charge in [-0.1, -0.05) is 30.3 Å². The molecule has 6 N–H and O–H groups in total. The van der Waals surface area contributed by atoms with E-state index in [0.717, 1.165) is 0 Å². The van der Waals surface area contributed by atoms with E-state index in [-0.39, 0.29) is 36.8 Å². The van der Waals surface area contributed by atoms with Crippen LogP contribution in [-0.4, -0.2) is 92.3 Å². The number of nitrogens with one attached hydrogen (secondary N) is 2. The third kappa shape index (κ3) is 5.12. The first kappa shape index (κ1) is 26.5. The average Bonchev–Trinajstić information content (AvgIpc) is 3.36. The minimum absolute atomic E-state index is 0.0776. The maximum atomic E-state index is 13.2. The zero-order valence-electron chi connectivity index (χ0n) is 20.5. The maximum absolute atomic E-state index is 13.2. The molecule has 2 heterocycles. The number of anilines is 1. The lowest BCUT2D eigenvalue weighted by atomic mass is 10.1. The Kier molecular flexibility index (Phi) is 7.55. The van der Waals surface area contributed by atoms with Gasteiger partial charge in [0.25, 0.3) is 23.5 Å². The van der Waals surface area contributed by atoms with Gasteiger partial charge in [-0.05, 0) is 25.1 Å². The summed E-state index contributed by atoms with van der Waals surface area (Å²) in [6.07, 6.45) is -2.86. The summed E-state index contributed by atoms with van der Waals surface area (Å²) in [5.74, 6) is -3.98. The molecular weight excluding hydrogens is 494 g/mol. The summed E-state index contributed by atoms with van der Waals surface area (Å²) in [5.41, 5.74) is 5.99. The van der Waals surface area contributed by atoms with Gasteiger partial charge in [-0.25, -0.2) is 0 Å². The number of benzene rings is 2. The van der Waals surface area contributed by atoms with Crippen LogP contribution in [0.25, 0.3) is 10.9 Å². The molecule has 1 aliphatic heterocycles. The Bertz CT molecular complexity index is 1400. The highest BCUT2D eigenvalue weighted by atomic mass is 16.3. The second-order valence-corrected chi connectivity index (χ2v) is 9.01. The van der Waals surface area contributed by atoms with Crippen LogP contribution in [0.5, 0.6) is 0 Å². The molecule has 4 rings (SSSR count). The summed E-state index contributed by atoms with van der Waals surface area (Å²) in [6.45, 7) is 2.51. The number of hydrogen-bond acceptors (Lipinski definition) is 7. The number of aromatic amines is 1. The van der Waals surface area contributed by atoms with Gasteiger partial charge in [0.2, 0.25) is 5.91 Å². The lowest BCUT2D eigenvalue weighted by molar-refractivity contribution is -0.141. The van der Waals surface area contributed by atoms with E-state index in [1.807, 2.05) is 6.07 Å². The lowest BCUT2D eigenvalue weighted by Crippen LogP contribution is -2.56. The van der Waals surface area contributed by atoms with Gasteiger partial charge in [-0.3, -0.25) is 24.0 Å². The van der Waals surface area contributed by atoms with Crippen LogP contribution in [0.4, 0.5) is 5.69 Å². The predicted octanol–water partition coefficient (Wildman–Crippen LogP) is -0.131. The second-order valence-electron chi connectivity index (χ2n) is 9.01. The molecule has 0 spiro atoms. The number of rotatable bonds is 7. The number of aliphatic hydroxyl groups excluding tert-OH is 2. The molecule has 12 heteroatoms. The largest absolute Gasteiger partial charge is 0.380 e. The Morgan fingerprint density at radius 3 is 2.37 bits per heavy atom. The number of piperazine rings is 1. The summed E-state index contributed by atoms with van der Waals surface area (Å²) < 4.78 is 0. The lowest BCUT2D eigenvalue weighted by Gasteiger charge is -2.39. The summed E-state index contributed by atoms with van der Waals surface area (Å²) in [4.78, 5) is 68.4. The van der Waals surface area contributed by atoms with Crippen LogP contribution >= 0.6 is 0 Å². The molecule has 4 amide bonds. The van der Waals surface area contributed by atoms with Crippen molar-refractivity contribution in [2.24, 2.45) is 5.73 Å². The number of nitrogens with two attached hydrogens (primary N) is 1. The summed E-state index contributed by atoms with van der Waals surface area (Å²) >= 11 is 0. The number of amides is 4. The maximum Gasteiger partial charge on any atom is 0.295 e. The monoisotopic (exact) mass is 521 g/mol. The molecular formula is C26H27N5O7. The van der Waals surface area contributed by atoms with Crippen LogP contribution in [-0.2, 0) is 14.4 Å². The fourth-order valence-electron chi connectivity index (χ4n) is 4.40. The third-order valence-corrected chi connectivity index (χ3v) is 6.47. The number of carbonyl (C=O) groups excluding carboxylic acids is 5. The number of Topliss-reactive ketones (excluding diaryl/α,β-unsaturated/α-hetero) is 1. The van der Waals surface area contributed by atoms with Gasteiger partial charge in [0.1, 0.15) is 0 Å². The Morgan fingerprint density at radius 2 is 1.71 bits per heavy atom. The third-order valence-electron chi connectivity index (χ3n) is 6.47. The Hall–Kier alpha value is -4.55. The molecule has 0 aliphatic carbocycles. The first-order valence-electron chi connectivity index (χ1n) is 11.9. The van der Waals surface area contributed by atoms with Crippen LogP contribution in [0, 0.1) is 0 Å². The summed E-state index contributed by atoms with van der Waals surface area (Å²) in [7, 11) is 0.